The molecular weight excluding hydrogens is 322 g/mol. The molecule has 0 amide bonds. The largest absolute Gasteiger partial charge is 0.744 e. The third-order valence-electron chi connectivity index (χ3n) is 3.51. The molecule has 0 aliphatic rings. The van der Waals surface area contributed by atoms with E-state index in [0.29, 0.717) is 6.04 Å². The van der Waals surface area contributed by atoms with E-state index in [0.717, 1.165) is 10.0 Å². The van der Waals surface area contributed by atoms with E-state index in [1.807, 2.05) is 19.1 Å². The second-order valence-corrected chi connectivity index (χ2v) is 7.85. The van der Waals surface area contributed by atoms with E-state index in [-0.39, 0.29) is 4.90 Å². The molecule has 5 heteroatoms. The third kappa shape index (κ3) is 6.28. The zero-order valence-corrected chi connectivity index (χ0v) is 15.5. The van der Waals surface area contributed by atoms with E-state index in [2.05, 4.69) is 52.0 Å². The predicted octanol–water partition coefficient (Wildman–Crippen LogP) is 3.52. The fourth-order valence-electron chi connectivity index (χ4n) is 2.25. The number of rotatable bonds is 4. The first-order valence-electron chi connectivity index (χ1n) is 7.57. The standard InChI is InChI=1S/C12H18N.C7H8O3S/c1-5-12(13(2,3)4)11-9-7-6-8-10-11;1-6-2-4-7(5-3-6)11(8,9)10/h5-10,12H,1H2,2-4H3;2-5H,1H3,(H,8,9,10)/q+1;/p-1. The van der Waals surface area contributed by atoms with Crippen LogP contribution in [0.3, 0.4) is 0 Å². The van der Waals surface area contributed by atoms with Crippen molar-refractivity contribution >= 4 is 10.1 Å². The summed E-state index contributed by atoms with van der Waals surface area (Å²) in [6, 6.07) is 16.6. The fraction of sp³-hybridized carbons (Fsp3) is 0.263. The fourth-order valence-corrected chi connectivity index (χ4v) is 2.72. The molecule has 0 spiro atoms. The van der Waals surface area contributed by atoms with E-state index in [1.165, 1.54) is 17.7 Å². The lowest BCUT2D eigenvalue weighted by molar-refractivity contribution is -0.895. The van der Waals surface area contributed by atoms with Gasteiger partial charge in [0, 0.05) is 5.56 Å². The van der Waals surface area contributed by atoms with Gasteiger partial charge in [-0.25, -0.2) is 8.42 Å². The predicted molar refractivity (Wildman–Crippen MR) is 96.6 cm³/mol. The van der Waals surface area contributed by atoms with Crippen molar-refractivity contribution < 1.29 is 17.5 Å². The van der Waals surface area contributed by atoms with Crippen LogP contribution in [0.25, 0.3) is 0 Å². The molecule has 0 saturated heterocycles. The molecular formula is C19H25NO3S. The third-order valence-corrected chi connectivity index (χ3v) is 4.36. The molecule has 0 bridgehead atoms. The van der Waals surface area contributed by atoms with Crippen LogP contribution < -0.4 is 0 Å². The maximum Gasteiger partial charge on any atom is 0.133 e. The summed E-state index contributed by atoms with van der Waals surface area (Å²) in [5, 5.41) is 0. The van der Waals surface area contributed by atoms with Gasteiger partial charge in [-0.2, -0.15) is 0 Å². The van der Waals surface area contributed by atoms with Crippen molar-refractivity contribution in [3.63, 3.8) is 0 Å². The number of nitrogens with zero attached hydrogens (tertiary/aromatic N) is 1. The molecule has 2 aromatic rings. The zero-order valence-electron chi connectivity index (χ0n) is 14.6. The highest BCUT2D eigenvalue weighted by Gasteiger charge is 2.21. The SMILES string of the molecule is C=CC(c1ccccc1)[N+](C)(C)C.Cc1ccc(S(=O)(=O)[O-])cc1. The number of likely N-dealkylation sites (N-methyl/N-ethyl adjacent to an activating group) is 1. The Morgan fingerprint density at radius 1 is 1.00 bits per heavy atom. The topological polar surface area (TPSA) is 57.2 Å². The summed E-state index contributed by atoms with van der Waals surface area (Å²) in [5.41, 5.74) is 2.25. The van der Waals surface area contributed by atoms with Gasteiger partial charge < -0.3 is 9.04 Å². The molecule has 2 aromatic carbocycles. The van der Waals surface area contributed by atoms with Crippen LogP contribution in [0.4, 0.5) is 0 Å². The molecule has 4 nitrogen and oxygen atoms in total. The van der Waals surface area contributed by atoms with Gasteiger partial charge in [-0.3, -0.25) is 0 Å². The molecule has 24 heavy (non-hydrogen) atoms. The summed E-state index contributed by atoms with van der Waals surface area (Å²) >= 11 is 0. The monoisotopic (exact) mass is 347 g/mol. The van der Waals surface area contributed by atoms with Crippen LogP contribution in [0.5, 0.6) is 0 Å². The molecule has 0 radical (unpaired) electrons. The van der Waals surface area contributed by atoms with E-state index in [1.54, 1.807) is 12.1 Å². The first-order chi connectivity index (χ1) is 11.1. The van der Waals surface area contributed by atoms with Gasteiger partial charge in [-0.1, -0.05) is 54.6 Å². The van der Waals surface area contributed by atoms with Gasteiger partial charge in [-0.05, 0) is 25.1 Å². The molecule has 0 aliphatic carbocycles. The lowest BCUT2D eigenvalue weighted by Crippen LogP contribution is -2.37. The number of hydrogen-bond donors (Lipinski definition) is 0. The van der Waals surface area contributed by atoms with E-state index >= 15 is 0 Å². The first-order valence-corrected chi connectivity index (χ1v) is 8.97. The second-order valence-electron chi connectivity index (χ2n) is 6.47. The Labute approximate surface area is 145 Å². The molecule has 1 unspecified atom stereocenters. The molecule has 0 saturated carbocycles. The van der Waals surface area contributed by atoms with Crippen molar-refractivity contribution in [1.82, 2.24) is 0 Å². The van der Waals surface area contributed by atoms with Gasteiger partial charge in [0.15, 0.2) is 0 Å². The van der Waals surface area contributed by atoms with Gasteiger partial charge in [-0.15, -0.1) is 0 Å². The minimum absolute atomic E-state index is 0.178. The van der Waals surface area contributed by atoms with Crippen molar-refractivity contribution in [2.24, 2.45) is 0 Å². The Morgan fingerprint density at radius 3 is 1.88 bits per heavy atom. The zero-order chi connectivity index (χ0) is 18.4. The number of quaternary nitrogens is 1. The quantitative estimate of drug-likeness (QED) is 0.483. The number of aryl methyl sites for hydroxylation is 1. The van der Waals surface area contributed by atoms with Crippen LogP contribution in [0.2, 0.25) is 0 Å². The van der Waals surface area contributed by atoms with Crippen molar-refractivity contribution in [2.45, 2.75) is 17.9 Å². The Morgan fingerprint density at radius 2 is 1.50 bits per heavy atom. The number of hydrogen-bond acceptors (Lipinski definition) is 3. The summed E-state index contributed by atoms with van der Waals surface area (Å²) in [6.45, 7) is 5.71. The smallest absolute Gasteiger partial charge is 0.133 e. The van der Waals surface area contributed by atoms with Gasteiger partial charge in [0.25, 0.3) is 0 Å². The van der Waals surface area contributed by atoms with Crippen molar-refractivity contribution in [3.05, 3.63) is 78.4 Å². The van der Waals surface area contributed by atoms with Crippen LogP contribution >= 0.6 is 0 Å². The Bertz CT molecular complexity index is 745. The van der Waals surface area contributed by atoms with Crippen LogP contribution in [0, 0.1) is 6.92 Å². The van der Waals surface area contributed by atoms with E-state index in [4.69, 9.17) is 0 Å². The lowest BCUT2D eigenvalue weighted by atomic mass is 10.1. The maximum absolute atomic E-state index is 10.4. The summed E-state index contributed by atoms with van der Waals surface area (Å²) in [7, 11) is 2.27. The van der Waals surface area contributed by atoms with Crippen LogP contribution in [0.1, 0.15) is 17.2 Å². The average molecular weight is 347 g/mol. The van der Waals surface area contributed by atoms with Crippen molar-refractivity contribution in [3.8, 4) is 0 Å². The molecule has 1 atom stereocenters. The highest BCUT2D eigenvalue weighted by Crippen LogP contribution is 2.23. The van der Waals surface area contributed by atoms with Crippen LogP contribution in [-0.2, 0) is 10.1 Å². The molecule has 0 aromatic heterocycles. The number of benzene rings is 2. The Kier molecular flexibility index (Phi) is 6.90. The normalized spacial score (nSPS) is 12.7. The van der Waals surface area contributed by atoms with Gasteiger partial charge >= 0.3 is 0 Å². The van der Waals surface area contributed by atoms with E-state index < -0.39 is 10.1 Å². The second kappa shape index (κ2) is 8.24. The summed E-state index contributed by atoms with van der Waals surface area (Å²) < 4.78 is 32.0. The van der Waals surface area contributed by atoms with Gasteiger partial charge in [0.05, 0.1) is 26.0 Å². The molecule has 0 heterocycles. The highest BCUT2D eigenvalue weighted by atomic mass is 32.2. The summed E-state index contributed by atoms with van der Waals surface area (Å²) in [6.07, 6.45) is 2.01. The molecule has 2 rings (SSSR count). The highest BCUT2D eigenvalue weighted by molar-refractivity contribution is 7.85. The van der Waals surface area contributed by atoms with Crippen molar-refractivity contribution in [2.75, 3.05) is 21.1 Å². The van der Waals surface area contributed by atoms with Gasteiger partial charge in [0.1, 0.15) is 16.2 Å². The van der Waals surface area contributed by atoms with Crippen LogP contribution in [0.15, 0.2) is 72.1 Å². The van der Waals surface area contributed by atoms with Crippen LogP contribution in [-0.4, -0.2) is 38.6 Å². The Hall–Kier alpha value is -1.95. The van der Waals surface area contributed by atoms with E-state index in [9.17, 15) is 13.0 Å². The molecule has 0 N–H and O–H groups in total. The molecule has 130 valence electrons. The molecule has 0 fully saturated rings. The minimum atomic E-state index is -4.27. The lowest BCUT2D eigenvalue weighted by Gasteiger charge is -2.32. The molecule has 0 aliphatic heterocycles. The Balaban J connectivity index is 0.000000243. The minimum Gasteiger partial charge on any atom is -0.744 e. The summed E-state index contributed by atoms with van der Waals surface area (Å²) in [4.78, 5) is -0.178. The average Bonchev–Trinajstić information content (AvgIpc) is 2.48. The maximum atomic E-state index is 10.4. The summed E-state index contributed by atoms with van der Waals surface area (Å²) in [5.74, 6) is 0. The van der Waals surface area contributed by atoms with Crippen molar-refractivity contribution in [1.29, 1.82) is 0 Å². The van der Waals surface area contributed by atoms with Gasteiger partial charge in [0.2, 0.25) is 0 Å². The first kappa shape index (κ1) is 20.1.